The number of nitrogens with zero attached hydrogens (tertiary/aromatic N) is 2. The molecular formula is C12H7ClN4O3. The van der Waals surface area contributed by atoms with E-state index >= 15 is 0 Å². The molecule has 0 saturated heterocycles. The van der Waals surface area contributed by atoms with Crippen molar-refractivity contribution in [1.82, 2.24) is 15.0 Å². The fourth-order valence-electron chi connectivity index (χ4n) is 1.96. The molecule has 0 atom stereocenters. The summed E-state index contributed by atoms with van der Waals surface area (Å²) in [5.74, 6) is 0.196. The molecule has 8 heteroatoms. The largest absolute Gasteiger partial charge is 0.338 e. The van der Waals surface area contributed by atoms with E-state index in [9.17, 15) is 14.9 Å². The first-order valence-electron chi connectivity index (χ1n) is 5.58. The lowest BCUT2D eigenvalue weighted by Crippen LogP contribution is -2.08. The molecule has 0 fully saturated rings. The number of para-hydroxylation sites is 1. The molecule has 100 valence electrons. The first-order chi connectivity index (χ1) is 9.58. The number of imidazole rings is 1. The molecule has 0 radical (unpaired) electrons. The van der Waals surface area contributed by atoms with Crippen LogP contribution >= 0.6 is 11.6 Å². The number of H-pyrrole nitrogens is 2. The summed E-state index contributed by atoms with van der Waals surface area (Å²) in [4.78, 5) is 31.7. The predicted molar refractivity (Wildman–Crippen MR) is 73.8 cm³/mol. The average Bonchev–Trinajstić information content (AvgIpc) is 2.81. The number of aromatic amines is 2. The third kappa shape index (κ3) is 1.84. The number of rotatable bonds is 2. The third-order valence-corrected chi connectivity index (χ3v) is 3.15. The van der Waals surface area contributed by atoms with Gasteiger partial charge in [0.15, 0.2) is 5.52 Å². The Hall–Kier alpha value is -2.67. The van der Waals surface area contributed by atoms with Crippen molar-refractivity contribution in [2.75, 3.05) is 0 Å². The van der Waals surface area contributed by atoms with Crippen LogP contribution in [0.5, 0.6) is 0 Å². The van der Waals surface area contributed by atoms with Crippen LogP contribution in [0.1, 0.15) is 0 Å². The zero-order valence-corrected chi connectivity index (χ0v) is 10.6. The van der Waals surface area contributed by atoms with Crippen molar-refractivity contribution in [3.05, 3.63) is 56.0 Å². The van der Waals surface area contributed by atoms with E-state index in [1.54, 1.807) is 12.1 Å². The molecule has 2 heterocycles. The van der Waals surface area contributed by atoms with Gasteiger partial charge in [0.25, 0.3) is 11.2 Å². The Morgan fingerprint density at radius 2 is 2.10 bits per heavy atom. The molecule has 0 amide bonds. The van der Waals surface area contributed by atoms with E-state index in [4.69, 9.17) is 11.6 Å². The maximum absolute atomic E-state index is 11.8. The van der Waals surface area contributed by atoms with Crippen LogP contribution in [0.3, 0.4) is 0 Å². The number of fused-ring (bicyclic) bond motifs is 1. The standard InChI is InChI=1S/C12H7ClN4O3/c13-6-4-5-14-12(18)9(6)11-15-7-2-1-3-8(17(19)20)10(7)16-11/h1-5H,(H,14,18)(H,15,16). The zero-order chi connectivity index (χ0) is 14.3. The maximum atomic E-state index is 11.8. The summed E-state index contributed by atoms with van der Waals surface area (Å²) in [6.07, 6.45) is 1.42. The van der Waals surface area contributed by atoms with E-state index in [0.717, 1.165) is 0 Å². The normalized spacial score (nSPS) is 10.8. The van der Waals surface area contributed by atoms with Gasteiger partial charge in [0.05, 0.1) is 15.5 Å². The van der Waals surface area contributed by atoms with Crippen LogP contribution in [0.4, 0.5) is 5.69 Å². The molecule has 0 aliphatic rings. The minimum Gasteiger partial charge on any atom is -0.338 e. The smallest absolute Gasteiger partial charge is 0.297 e. The SMILES string of the molecule is O=c1[nH]ccc(Cl)c1-c1nc2c([N+](=O)[O-])cccc2[nH]1. The fraction of sp³-hybridized carbons (Fsp3) is 0. The number of pyridine rings is 1. The number of nitrogens with one attached hydrogen (secondary N) is 2. The molecule has 0 bridgehead atoms. The van der Waals surface area contributed by atoms with Gasteiger partial charge in [-0.3, -0.25) is 14.9 Å². The number of nitro groups is 1. The van der Waals surface area contributed by atoms with Gasteiger partial charge >= 0.3 is 0 Å². The van der Waals surface area contributed by atoms with Gasteiger partial charge in [-0.25, -0.2) is 4.98 Å². The molecule has 20 heavy (non-hydrogen) atoms. The second-order valence-corrected chi connectivity index (χ2v) is 4.45. The molecule has 0 aliphatic carbocycles. The van der Waals surface area contributed by atoms with Crippen LogP contribution in [0.2, 0.25) is 5.02 Å². The molecule has 0 saturated carbocycles. The molecule has 3 aromatic rings. The third-order valence-electron chi connectivity index (χ3n) is 2.83. The van der Waals surface area contributed by atoms with Crippen LogP contribution < -0.4 is 5.56 Å². The van der Waals surface area contributed by atoms with Crippen molar-refractivity contribution in [3.63, 3.8) is 0 Å². The Balaban J connectivity index is 2.32. The predicted octanol–water partition coefficient (Wildman–Crippen LogP) is 2.48. The molecule has 0 aliphatic heterocycles. The second kappa shape index (κ2) is 4.46. The number of hydrogen-bond acceptors (Lipinski definition) is 4. The Kier molecular flexibility index (Phi) is 2.76. The highest BCUT2D eigenvalue weighted by molar-refractivity contribution is 6.33. The van der Waals surface area contributed by atoms with E-state index in [1.807, 2.05) is 0 Å². The van der Waals surface area contributed by atoms with Gasteiger partial charge in [0, 0.05) is 12.3 Å². The van der Waals surface area contributed by atoms with Gasteiger partial charge in [0.1, 0.15) is 11.4 Å². The molecule has 1 aromatic carbocycles. The number of halogens is 1. The summed E-state index contributed by atoms with van der Waals surface area (Å²) in [6.45, 7) is 0. The fourth-order valence-corrected chi connectivity index (χ4v) is 2.20. The number of benzene rings is 1. The van der Waals surface area contributed by atoms with Gasteiger partial charge in [0.2, 0.25) is 0 Å². The van der Waals surface area contributed by atoms with E-state index in [2.05, 4.69) is 15.0 Å². The highest BCUT2D eigenvalue weighted by Gasteiger charge is 2.18. The first kappa shape index (κ1) is 12.4. The average molecular weight is 291 g/mol. The number of hydrogen-bond donors (Lipinski definition) is 2. The molecule has 3 rings (SSSR count). The summed E-state index contributed by atoms with van der Waals surface area (Å²) in [5, 5.41) is 11.2. The molecule has 2 aromatic heterocycles. The minimum absolute atomic E-state index is 0.131. The van der Waals surface area contributed by atoms with Crippen molar-refractivity contribution < 1.29 is 4.92 Å². The first-order valence-corrected chi connectivity index (χ1v) is 5.96. The van der Waals surface area contributed by atoms with Gasteiger partial charge in [-0.15, -0.1) is 0 Å². The van der Waals surface area contributed by atoms with E-state index < -0.39 is 10.5 Å². The van der Waals surface area contributed by atoms with Crippen LogP contribution in [-0.2, 0) is 0 Å². The van der Waals surface area contributed by atoms with Crippen molar-refractivity contribution >= 4 is 28.3 Å². The minimum atomic E-state index is -0.524. The van der Waals surface area contributed by atoms with Crippen LogP contribution in [0.25, 0.3) is 22.4 Å². The van der Waals surface area contributed by atoms with Crippen LogP contribution in [0.15, 0.2) is 35.3 Å². The molecular weight excluding hydrogens is 284 g/mol. The Morgan fingerprint density at radius 1 is 1.30 bits per heavy atom. The number of nitro benzene ring substituents is 1. The summed E-state index contributed by atoms with van der Waals surface area (Å²) in [7, 11) is 0. The monoisotopic (exact) mass is 290 g/mol. The molecule has 0 spiro atoms. The molecule has 7 nitrogen and oxygen atoms in total. The van der Waals surface area contributed by atoms with Gasteiger partial charge in [-0.1, -0.05) is 17.7 Å². The Bertz CT molecular complexity index is 884. The lowest BCUT2D eigenvalue weighted by atomic mass is 10.2. The summed E-state index contributed by atoms with van der Waals surface area (Å²) in [6, 6.07) is 6.05. The van der Waals surface area contributed by atoms with Crippen molar-refractivity contribution in [1.29, 1.82) is 0 Å². The maximum Gasteiger partial charge on any atom is 0.297 e. The summed E-state index contributed by atoms with van der Waals surface area (Å²) < 4.78 is 0. The van der Waals surface area contributed by atoms with Gasteiger partial charge < -0.3 is 9.97 Å². The van der Waals surface area contributed by atoms with Crippen LogP contribution in [-0.4, -0.2) is 19.9 Å². The summed E-state index contributed by atoms with van der Waals surface area (Å²) in [5.41, 5.74) is 0.257. The zero-order valence-electron chi connectivity index (χ0n) is 9.88. The summed E-state index contributed by atoms with van der Waals surface area (Å²) >= 11 is 5.98. The molecule has 0 unspecified atom stereocenters. The van der Waals surface area contributed by atoms with E-state index in [0.29, 0.717) is 5.52 Å². The highest BCUT2D eigenvalue weighted by atomic mass is 35.5. The highest BCUT2D eigenvalue weighted by Crippen LogP contribution is 2.28. The van der Waals surface area contributed by atoms with Crippen LogP contribution in [0, 0.1) is 10.1 Å². The van der Waals surface area contributed by atoms with E-state index in [1.165, 1.54) is 18.3 Å². The number of non-ortho nitro benzene ring substituents is 1. The van der Waals surface area contributed by atoms with E-state index in [-0.39, 0.29) is 27.6 Å². The molecule has 2 N–H and O–H groups in total. The Labute approximate surface area is 116 Å². The topological polar surface area (TPSA) is 105 Å². The van der Waals surface area contributed by atoms with Crippen molar-refractivity contribution in [3.8, 4) is 11.4 Å². The second-order valence-electron chi connectivity index (χ2n) is 4.05. The Morgan fingerprint density at radius 3 is 2.80 bits per heavy atom. The van der Waals surface area contributed by atoms with Crippen molar-refractivity contribution in [2.24, 2.45) is 0 Å². The lowest BCUT2D eigenvalue weighted by molar-refractivity contribution is -0.383. The number of aromatic nitrogens is 3. The van der Waals surface area contributed by atoms with Gasteiger partial charge in [-0.05, 0) is 12.1 Å². The quantitative estimate of drug-likeness (QED) is 0.558. The lowest BCUT2D eigenvalue weighted by Gasteiger charge is -1.97. The van der Waals surface area contributed by atoms with Crippen molar-refractivity contribution in [2.45, 2.75) is 0 Å². The van der Waals surface area contributed by atoms with Gasteiger partial charge in [-0.2, -0.15) is 0 Å².